The molecule has 2 rings (SSSR count). The van der Waals surface area contributed by atoms with Crippen molar-refractivity contribution in [2.24, 2.45) is 0 Å². The lowest BCUT2D eigenvalue weighted by molar-refractivity contribution is -0.123. The van der Waals surface area contributed by atoms with Crippen LogP contribution in [0.15, 0.2) is 18.2 Å². The van der Waals surface area contributed by atoms with E-state index in [2.05, 4.69) is 30.5 Å². The van der Waals surface area contributed by atoms with E-state index in [1.807, 2.05) is 19.1 Å². The van der Waals surface area contributed by atoms with Crippen molar-refractivity contribution >= 4 is 5.91 Å². The van der Waals surface area contributed by atoms with E-state index in [-0.39, 0.29) is 18.0 Å². The van der Waals surface area contributed by atoms with Crippen LogP contribution in [0.5, 0.6) is 5.75 Å². The molecule has 4 heteroatoms. The molecule has 1 aliphatic rings. The van der Waals surface area contributed by atoms with Gasteiger partial charge in [0.05, 0.1) is 13.2 Å². The van der Waals surface area contributed by atoms with Gasteiger partial charge in [-0.15, -0.1) is 0 Å². The van der Waals surface area contributed by atoms with Crippen molar-refractivity contribution < 1.29 is 9.53 Å². The fraction of sp³-hybridized carbons (Fsp3) is 0.562. The first-order valence-corrected chi connectivity index (χ1v) is 7.22. The Morgan fingerprint density at radius 2 is 2.05 bits per heavy atom. The van der Waals surface area contributed by atoms with Gasteiger partial charge >= 0.3 is 0 Å². The zero-order valence-corrected chi connectivity index (χ0v) is 12.7. The molecule has 110 valence electrons. The number of hydrogen-bond donors (Lipinski definition) is 2. The van der Waals surface area contributed by atoms with Gasteiger partial charge in [-0.1, -0.05) is 17.7 Å². The van der Waals surface area contributed by atoms with E-state index in [0.717, 1.165) is 24.2 Å². The predicted octanol–water partition coefficient (Wildman–Crippen LogP) is 2.32. The van der Waals surface area contributed by atoms with E-state index >= 15 is 0 Å². The zero-order valence-electron chi connectivity index (χ0n) is 12.7. The van der Waals surface area contributed by atoms with Crippen molar-refractivity contribution in [3.8, 4) is 5.75 Å². The highest BCUT2D eigenvalue weighted by molar-refractivity contribution is 5.81. The van der Waals surface area contributed by atoms with Gasteiger partial charge in [0, 0.05) is 17.6 Å². The van der Waals surface area contributed by atoms with Gasteiger partial charge in [-0.3, -0.25) is 10.1 Å². The molecule has 0 aliphatic heterocycles. The Morgan fingerprint density at radius 1 is 1.35 bits per heavy atom. The van der Waals surface area contributed by atoms with Gasteiger partial charge in [0.25, 0.3) is 0 Å². The molecule has 1 aliphatic carbocycles. The minimum Gasteiger partial charge on any atom is -0.496 e. The number of ether oxygens (including phenoxy) is 1. The summed E-state index contributed by atoms with van der Waals surface area (Å²) in [6, 6.07) is 6.34. The van der Waals surface area contributed by atoms with E-state index in [1.54, 1.807) is 7.11 Å². The fourth-order valence-electron chi connectivity index (χ4n) is 2.29. The van der Waals surface area contributed by atoms with Gasteiger partial charge in [0.2, 0.25) is 5.91 Å². The minimum atomic E-state index is -0.212. The molecule has 0 aromatic heterocycles. The first-order chi connectivity index (χ1) is 9.51. The average molecular weight is 276 g/mol. The van der Waals surface area contributed by atoms with Crippen molar-refractivity contribution in [1.29, 1.82) is 0 Å². The van der Waals surface area contributed by atoms with Crippen LogP contribution in [0, 0.1) is 6.92 Å². The van der Waals surface area contributed by atoms with Gasteiger partial charge in [0.15, 0.2) is 0 Å². The molecule has 0 spiro atoms. The lowest BCUT2D eigenvalue weighted by Gasteiger charge is -2.22. The van der Waals surface area contributed by atoms with E-state index in [4.69, 9.17) is 4.74 Å². The molecule has 0 heterocycles. The van der Waals surface area contributed by atoms with Crippen molar-refractivity contribution in [2.75, 3.05) is 7.11 Å². The summed E-state index contributed by atoms with van der Waals surface area (Å²) in [5.74, 6) is 0.927. The normalized spacial score (nSPS) is 17.4. The van der Waals surface area contributed by atoms with Crippen LogP contribution >= 0.6 is 0 Å². The van der Waals surface area contributed by atoms with Crippen LogP contribution in [0.2, 0.25) is 0 Å². The van der Waals surface area contributed by atoms with Crippen molar-refractivity contribution in [3.05, 3.63) is 29.3 Å². The minimum absolute atomic E-state index is 0.0600. The highest BCUT2D eigenvalue weighted by Gasteiger charge is 2.26. The number of carbonyl (C=O) groups is 1. The SMILES string of the molecule is COc1ccc(C)cc1C(C)NC(C)C(=O)NC1CC1. The fourth-order valence-corrected chi connectivity index (χ4v) is 2.29. The van der Waals surface area contributed by atoms with Crippen LogP contribution in [-0.2, 0) is 4.79 Å². The number of rotatable bonds is 6. The Kier molecular flexibility index (Phi) is 4.65. The molecule has 20 heavy (non-hydrogen) atoms. The first kappa shape index (κ1) is 14.9. The molecule has 4 nitrogen and oxygen atoms in total. The van der Waals surface area contributed by atoms with Crippen molar-refractivity contribution in [1.82, 2.24) is 10.6 Å². The summed E-state index contributed by atoms with van der Waals surface area (Å²) in [4.78, 5) is 12.0. The van der Waals surface area contributed by atoms with Gasteiger partial charge in [-0.2, -0.15) is 0 Å². The second kappa shape index (κ2) is 6.27. The number of amides is 1. The second-order valence-corrected chi connectivity index (χ2v) is 5.64. The smallest absolute Gasteiger partial charge is 0.237 e. The Hall–Kier alpha value is -1.55. The molecule has 2 atom stereocenters. The van der Waals surface area contributed by atoms with Crippen LogP contribution < -0.4 is 15.4 Å². The molecule has 1 amide bonds. The zero-order chi connectivity index (χ0) is 14.7. The monoisotopic (exact) mass is 276 g/mol. The van der Waals surface area contributed by atoms with Crippen LogP contribution in [0.25, 0.3) is 0 Å². The molecule has 0 radical (unpaired) electrons. The van der Waals surface area contributed by atoms with Crippen LogP contribution in [0.1, 0.15) is 43.9 Å². The highest BCUT2D eigenvalue weighted by atomic mass is 16.5. The van der Waals surface area contributed by atoms with Crippen molar-refractivity contribution in [2.45, 2.75) is 51.7 Å². The molecule has 2 unspecified atom stereocenters. The summed E-state index contributed by atoms with van der Waals surface area (Å²) >= 11 is 0. The number of carbonyl (C=O) groups excluding carboxylic acids is 1. The molecule has 2 N–H and O–H groups in total. The topological polar surface area (TPSA) is 50.4 Å². The summed E-state index contributed by atoms with van der Waals surface area (Å²) in [5.41, 5.74) is 2.27. The largest absolute Gasteiger partial charge is 0.496 e. The summed E-state index contributed by atoms with van der Waals surface area (Å²) in [5, 5.41) is 6.36. The maximum absolute atomic E-state index is 12.0. The third kappa shape index (κ3) is 3.73. The predicted molar refractivity (Wildman–Crippen MR) is 79.9 cm³/mol. The average Bonchev–Trinajstić information content (AvgIpc) is 3.22. The number of methoxy groups -OCH3 is 1. The number of hydrogen-bond acceptors (Lipinski definition) is 3. The maximum Gasteiger partial charge on any atom is 0.237 e. The lowest BCUT2D eigenvalue weighted by Crippen LogP contribution is -2.43. The van der Waals surface area contributed by atoms with Gasteiger partial charge in [-0.05, 0) is 39.7 Å². The van der Waals surface area contributed by atoms with E-state index in [1.165, 1.54) is 5.56 Å². The summed E-state index contributed by atoms with van der Waals surface area (Å²) < 4.78 is 5.40. The highest BCUT2D eigenvalue weighted by Crippen LogP contribution is 2.26. The summed E-state index contributed by atoms with van der Waals surface area (Å²) in [7, 11) is 1.67. The van der Waals surface area contributed by atoms with E-state index in [0.29, 0.717) is 6.04 Å². The van der Waals surface area contributed by atoms with Gasteiger partial charge in [-0.25, -0.2) is 0 Å². The second-order valence-electron chi connectivity index (χ2n) is 5.64. The molecule has 1 saturated carbocycles. The third-order valence-corrected chi connectivity index (χ3v) is 3.67. The Morgan fingerprint density at radius 3 is 2.65 bits per heavy atom. The first-order valence-electron chi connectivity index (χ1n) is 7.22. The maximum atomic E-state index is 12.0. The molecule has 1 fully saturated rings. The molecule has 1 aromatic carbocycles. The van der Waals surface area contributed by atoms with E-state index < -0.39 is 0 Å². The van der Waals surface area contributed by atoms with Crippen molar-refractivity contribution in [3.63, 3.8) is 0 Å². The molecule has 1 aromatic rings. The van der Waals surface area contributed by atoms with Gasteiger partial charge < -0.3 is 10.1 Å². The number of nitrogens with one attached hydrogen (secondary N) is 2. The quantitative estimate of drug-likeness (QED) is 0.838. The lowest BCUT2D eigenvalue weighted by atomic mass is 10.0. The Labute approximate surface area is 120 Å². The Bertz CT molecular complexity index is 483. The third-order valence-electron chi connectivity index (χ3n) is 3.67. The number of benzene rings is 1. The molecule has 0 bridgehead atoms. The number of aryl methyl sites for hydroxylation is 1. The Balaban J connectivity index is 2.01. The molecular weight excluding hydrogens is 252 g/mol. The van der Waals surface area contributed by atoms with Crippen LogP contribution in [-0.4, -0.2) is 25.1 Å². The van der Waals surface area contributed by atoms with E-state index in [9.17, 15) is 4.79 Å². The summed E-state index contributed by atoms with van der Waals surface area (Å²) in [6.45, 7) is 6.01. The van der Waals surface area contributed by atoms with Crippen LogP contribution in [0.3, 0.4) is 0 Å². The molecular formula is C16H24N2O2. The molecule has 0 saturated heterocycles. The summed E-state index contributed by atoms with van der Waals surface area (Å²) in [6.07, 6.45) is 2.22. The van der Waals surface area contributed by atoms with Gasteiger partial charge in [0.1, 0.15) is 5.75 Å². The standard InChI is InChI=1S/C16H24N2O2/c1-10-5-8-15(20-4)14(9-10)11(2)17-12(3)16(19)18-13-6-7-13/h5,8-9,11-13,17H,6-7H2,1-4H3,(H,18,19). The van der Waals surface area contributed by atoms with Crippen LogP contribution in [0.4, 0.5) is 0 Å².